The van der Waals surface area contributed by atoms with E-state index in [0.29, 0.717) is 5.69 Å². The highest BCUT2D eigenvalue weighted by atomic mass is 19.1. The molecule has 0 aliphatic carbocycles. The van der Waals surface area contributed by atoms with Crippen LogP contribution in [0.25, 0.3) is 0 Å². The quantitative estimate of drug-likeness (QED) is 0.718. The number of aromatic nitrogens is 2. The number of nitrogens with two attached hydrogens (primary N) is 1. The van der Waals surface area contributed by atoms with E-state index in [4.69, 9.17) is 5.73 Å². The largest absolute Gasteiger partial charge is 0.398 e. The third-order valence-electron chi connectivity index (χ3n) is 2.74. The van der Waals surface area contributed by atoms with Gasteiger partial charge in [0.25, 0.3) is 5.91 Å². The molecule has 21 heavy (non-hydrogen) atoms. The summed E-state index contributed by atoms with van der Waals surface area (Å²) in [4.78, 5) is 23.2. The summed E-state index contributed by atoms with van der Waals surface area (Å²) in [6, 6.07) is 3.55. The van der Waals surface area contributed by atoms with Crippen LogP contribution in [0.1, 0.15) is 10.4 Å². The average molecular weight is 291 g/mol. The first kappa shape index (κ1) is 14.5. The average Bonchev–Trinajstić information content (AvgIpc) is 2.88. The van der Waals surface area contributed by atoms with Gasteiger partial charge in [-0.1, -0.05) is 0 Å². The predicted octanol–water partition coefficient (Wildman–Crippen LogP) is 0.603. The Morgan fingerprint density at radius 3 is 2.90 bits per heavy atom. The van der Waals surface area contributed by atoms with Gasteiger partial charge in [-0.15, -0.1) is 0 Å². The normalized spacial score (nSPS) is 10.2. The van der Waals surface area contributed by atoms with E-state index in [1.54, 1.807) is 0 Å². The van der Waals surface area contributed by atoms with Crippen LogP contribution in [-0.2, 0) is 11.3 Å². The minimum atomic E-state index is -0.551. The number of benzene rings is 1. The molecule has 0 bridgehead atoms. The Morgan fingerprint density at radius 2 is 2.19 bits per heavy atom. The van der Waals surface area contributed by atoms with E-state index in [2.05, 4.69) is 15.7 Å². The van der Waals surface area contributed by atoms with Crippen LogP contribution in [0.3, 0.4) is 0 Å². The number of carbonyl (C=O) groups is 2. The lowest BCUT2D eigenvalue weighted by molar-refractivity contribution is -0.121. The Morgan fingerprint density at radius 1 is 1.43 bits per heavy atom. The molecule has 0 unspecified atom stereocenters. The highest BCUT2D eigenvalue weighted by Gasteiger charge is 2.12. The van der Waals surface area contributed by atoms with E-state index in [1.807, 2.05) is 0 Å². The molecule has 0 spiro atoms. The monoisotopic (exact) mass is 291 g/mol. The number of halogens is 1. The first-order valence-corrected chi connectivity index (χ1v) is 6.09. The van der Waals surface area contributed by atoms with Gasteiger partial charge in [0.05, 0.1) is 17.4 Å². The van der Waals surface area contributed by atoms with E-state index in [-0.39, 0.29) is 23.7 Å². The zero-order chi connectivity index (χ0) is 15.4. The lowest BCUT2D eigenvalue weighted by Gasteiger charge is -2.05. The Balaban J connectivity index is 2.09. The highest BCUT2D eigenvalue weighted by molar-refractivity contribution is 6.07. The van der Waals surface area contributed by atoms with Gasteiger partial charge in [-0.2, -0.15) is 5.10 Å². The molecular formula is C13H14FN5O2. The molecule has 2 rings (SSSR count). The summed E-state index contributed by atoms with van der Waals surface area (Å²) in [6.07, 6.45) is 2.87. The molecule has 0 saturated carbocycles. The van der Waals surface area contributed by atoms with E-state index in [9.17, 15) is 14.0 Å². The van der Waals surface area contributed by atoms with E-state index >= 15 is 0 Å². The van der Waals surface area contributed by atoms with Crippen molar-refractivity contribution in [1.82, 2.24) is 15.1 Å². The number of carbonyl (C=O) groups excluding carboxylic acids is 2. The number of hydrogen-bond donors (Lipinski definition) is 3. The number of hydrogen-bond acceptors (Lipinski definition) is 4. The second-order valence-electron chi connectivity index (χ2n) is 4.29. The van der Waals surface area contributed by atoms with Crippen molar-refractivity contribution < 1.29 is 14.0 Å². The molecule has 1 aromatic heterocycles. The molecule has 0 atom stereocenters. The number of amides is 2. The number of rotatable bonds is 4. The smallest absolute Gasteiger partial charge is 0.257 e. The summed E-state index contributed by atoms with van der Waals surface area (Å²) in [5, 5.41) is 8.92. The van der Waals surface area contributed by atoms with Crippen LogP contribution in [0.2, 0.25) is 0 Å². The summed E-state index contributed by atoms with van der Waals surface area (Å²) in [6.45, 7) is 0.0362. The SMILES string of the molecule is CNC(=O)Cn1cc(NC(=O)c2cc(F)ccc2N)cn1. The summed E-state index contributed by atoms with van der Waals surface area (Å²) in [5.41, 5.74) is 6.22. The molecule has 0 radical (unpaired) electrons. The second kappa shape index (κ2) is 6.04. The fraction of sp³-hybridized carbons (Fsp3) is 0.154. The van der Waals surface area contributed by atoms with Crippen LogP contribution in [0, 0.1) is 5.82 Å². The Bertz CT molecular complexity index is 683. The van der Waals surface area contributed by atoms with Gasteiger partial charge in [-0.05, 0) is 18.2 Å². The summed E-state index contributed by atoms with van der Waals surface area (Å²) in [5.74, 6) is -1.32. The van der Waals surface area contributed by atoms with E-state index in [0.717, 1.165) is 6.07 Å². The van der Waals surface area contributed by atoms with Crippen molar-refractivity contribution in [2.45, 2.75) is 6.54 Å². The molecule has 0 aliphatic heterocycles. The third kappa shape index (κ3) is 3.56. The van der Waals surface area contributed by atoms with Crippen LogP contribution in [-0.4, -0.2) is 28.6 Å². The third-order valence-corrected chi connectivity index (χ3v) is 2.74. The maximum Gasteiger partial charge on any atom is 0.257 e. The van der Waals surface area contributed by atoms with Gasteiger partial charge < -0.3 is 16.4 Å². The van der Waals surface area contributed by atoms with Crippen LogP contribution in [0.5, 0.6) is 0 Å². The van der Waals surface area contributed by atoms with Crippen LogP contribution >= 0.6 is 0 Å². The molecule has 7 nitrogen and oxygen atoms in total. The number of nitrogens with zero attached hydrogens (tertiary/aromatic N) is 2. The Labute approximate surface area is 119 Å². The second-order valence-corrected chi connectivity index (χ2v) is 4.29. The van der Waals surface area contributed by atoms with Gasteiger partial charge in [-0.25, -0.2) is 4.39 Å². The fourth-order valence-electron chi connectivity index (χ4n) is 1.66. The van der Waals surface area contributed by atoms with Crippen molar-refractivity contribution in [2.24, 2.45) is 0 Å². The fourth-order valence-corrected chi connectivity index (χ4v) is 1.66. The zero-order valence-electron chi connectivity index (χ0n) is 11.3. The van der Waals surface area contributed by atoms with Crippen molar-refractivity contribution >= 4 is 23.2 Å². The molecule has 1 heterocycles. The van der Waals surface area contributed by atoms with Gasteiger partial charge in [-0.3, -0.25) is 14.3 Å². The van der Waals surface area contributed by atoms with Crippen molar-refractivity contribution in [1.29, 1.82) is 0 Å². The van der Waals surface area contributed by atoms with Crippen LogP contribution in [0.4, 0.5) is 15.8 Å². The Kier molecular flexibility index (Phi) is 4.17. The molecule has 1 aromatic carbocycles. The highest BCUT2D eigenvalue weighted by Crippen LogP contribution is 2.15. The van der Waals surface area contributed by atoms with Crippen LogP contribution in [0.15, 0.2) is 30.6 Å². The van der Waals surface area contributed by atoms with Crippen molar-refractivity contribution in [3.63, 3.8) is 0 Å². The number of nitrogens with one attached hydrogen (secondary N) is 2. The predicted molar refractivity (Wildman–Crippen MR) is 75.1 cm³/mol. The topological polar surface area (TPSA) is 102 Å². The van der Waals surface area contributed by atoms with Gasteiger partial charge in [0.1, 0.15) is 12.4 Å². The summed E-state index contributed by atoms with van der Waals surface area (Å²) >= 11 is 0. The van der Waals surface area contributed by atoms with E-state index in [1.165, 1.54) is 36.3 Å². The van der Waals surface area contributed by atoms with Gasteiger partial charge in [0.2, 0.25) is 5.91 Å². The number of likely N-dealkylation sites (N-methyl/N-ethyl adjacent to an activating group) is 1. The molecule has 0 saturated heterocycles. The number of anilines is 2. The molecule has 8 heteroatoms. The maximum atomic E-state index is 13.1. The molecule has 2 aromatic rings. The van der Waals surface area contributed by atoms with Crippen molar-refractivity contribution in [3.8, 4) is 0 Å². The molecule has 2 amide bonds. The lowest BCUT2D eigenvalue weighted by Crippen LogP contribution is -2.23. The van der Waals surface area contributed by atoms with Crippen molar-refractivity contribution in [3.05, 3.63) is 42.0 Å². The molecule has 0 aliphatic rings. The van der Waals surface area contributed by atoms with Crippen molar-refractivity contribution in [2.75, 3.05) is 18.1 Å². The minimum Gasteiger partial charge on any atom is -0.398 e. The van der Waals surface area contributed by atoms with Gasteiger partial charge in [0.15, 0.2) is 0 Å². The first-order valence-electron chi connectivity index (χ1n) is 6.09. The maximum absolute atomic E-state index is 13.1. The first-order chi connectivity index (χ1) is 9.99. The van der Waals surface area contributed by atoms with Gasteiger partial charge >= 0.3 is 0 Å². The standard InChI is InChI=1S/C13H14FN5O2/c1-16-12(20)7-19-6-9(5-17-19)18-13(21)10-4-8(14)2-3-11(10)15/h2-6H,7,15H2,1H3,(H,16,20)(H,18,21). The molecule has 4 N–H and O–H groups in total. The minimum absolute atomic E-state index is 0.0362. The number of nitrogen functional groups attached to an aromatic ring is 1. The van der Waals surface area contributed by atoms with Gasteiger partial charge in [0, 0.05) is 18.9 Å². The van der Waals surface area contributed by atoms with E-state index < -0.39 is 11.7 Å². The molecular weight excluding hydrogens is 277 g/mol. The zero-order valence-corrected chi connectivity index (χ0v) is 11.3. The Hall–Kier alpha value is -2.90. The summed E-state index contributed by atoms with van der Waals surface area (Å²) < 4.78 is 14.5. The van der Waals surface area contributed by atoms with Crippen LogP contribution < -0.4 is 16.4 Å². The lowest BCUT2D eigenvalue weighted by atomic mass is 10.1. The summed E-state index contributed by atoms with van der Waals surface area (Å²) in [7, 11) is 1.52. The molecule has 110 valence electrons. The molecule has 0 fully saturated rings.